The maximum atomic E-state index is 12.4. The van der Waals surface area contributed by atoms with E-state index in [0.29, 0.717) is 6.54 Å². The fraction of sp³-hybridized carbons (Fsp3) is 0.360. The number of pyridine rings is 1. The Morgan fingerprint density at radius 1 is 1.10 bits per heavy atom. The summed E-state index contributed by atoms with van der Waals surface area (Å²) in [7, 11) is 0. The van der Waals surface area contributed by atoms with Crippen molar-refractivity contribution in [2.24, 2.45) is 0 Å². The fourth-order valence-corrected chi connectivity index (χ4v) is 3.52. The minimum atomic E-state index is -0.0773. The van der Waals surface area contributed by atoms with Gasteiger partial charge in [0.1, 0.15) is 5.65 Å². The number of carbonyl (C=O) groups excluding carboxylic acids is 1. The zero-order chi connectivity index (χ0) is 21.5. The van der Waals surface area contributed by atoms with Crippen LogP contribution in [0.3, 0.4) is 0 Å². The lowest BCUT2D eigenvalue weighted by atomic mass is 10.1. The Hall–Kier alpha value is -2.92. The highest BCUT2D eigenvalue weighted by Gasteiger charge is 2.12. The quantitative estimate of drug-likeness (QED) is 0.423. The lowest BCUT2D eigenvalue weighted by molar-refractivity contribution is -0.116. The van der Waals surface area contributed by atoms with Crippen LogP contribution in [0.4, 0.5) is 0 Å². The fourth-order valence-electron chi connectivity index (χ4n) is 3.52. The Labute approximate surface area is 179 Å². The minimum Gasteiger partial charge on any atom is -0.353 e. The van der Waals surface area contributed by atoms with Gasteiger partial charge in [0, 0.05) is 24.4 Å². The van der Waals surface area contributed by atoms with Gasteiger partial charge >= 0.3 is 0 Å². The molecule has 0 unspecified atom stereocenters. The van der Waals surface area contributed by atoms with Gasteiger partial charge in [-0.1, -0.05) is 43.7 Å². The van der Waals surface area contributed by atoms with Crippen molar-refractivity contribution in [1.29, 1.82) is 0 Å². The summed E-state index contributed by atoms with van der Waals surface area (Å²) in [6.07, 6.45) is 6.43. The van der Waals surface area contributed by atoms with Crippen LogP contribution in [0.1, 0.15) is 37.1 Å². The molecule has 0 atom stereocenters. The molecule has 0 saturated heterocycles. The SMILES string of the molecule is CCN(CC)CCCNC(=O)/C=C/c1c(-c2ccc(C)cc2)nc2cc(C)ccn12. The zero-order valence-electron chi connectivity index (χ0n) is 18.5. The first-order valence-corrected chi connectivity index (χ1v) is 10.8. The van der Waals surface area contributed by atoms with E-state index in [0.717, 1.165) is 54.2 Å². The second-order valence-corrected chi connectivity index (χ2v) is 7.65. The first-order valence-electron chi connectivity index (χ1n) is 10.8. The molecular weight excluding hydrogens is 372 g/mol. The third-order valence-corrected chi connectivity index (χ3v) is 5.38. The number of nitrogens with zero attached hydrogens (tertiary/aromatic N) is 3. The van der Waals surface area contributed by atoms with Crippen molar-refractivity contribution in [3.05, 3.63) is 65.5 Å². The molecule has 0 fully saturated rings. The number of carbonyl (C=O) groups is 1. The first-order chi connectivity index (χ1) is 14.5. The number of aromatic nitrogens is 2. The van der Waals surface area contributed by atoms with E-state index in [1.54, 1.807) is 6.08 Å². The smallest absolute Gasteiger partial charge is 0.244 e. The van der Waals surface area contributed by atoms with Crippen LogP contribution in [0.25, 0.3) is 23.0 Å². The summed E-state index contributed by atoms with van der Waals surface area (Å²) in [4.78, 5) is 19.6. The lowest BCUT2D eigenvalue weighted by Crippen LogP contribution is -2.29. The van der Waals surface area contributed by atoms with Crippen LogP contribution in [0.15, 0.2) is 48.7 Å². The standard InChI is InChI=1S/C25H32N4O/c1-5-28(6-2)16-7-15-26-24(30)13-12-22-25(21-10-8-19(3)9-11-21)27-23-18-20(4)14-17-29(22)23/h8-14,17-18H,5-7,15-16H2,1-4H3,(H,26,30)/b13-12+. The van der Waals surface area contributed by atoms with Crippen molar-refractivity contribution in [1.82, 2.24) is 19.6 Å². The molecule has 2 aromatic heterocycles. The number of amides is 1. The van der Waals surface area contributed by atoms with E-state index < -0.39 is 0 Å². The van der Waals surface area contributed by atoms with Crippen LogP contribution >= 0.6 is 0 Å². The highest BCUT2D eigenvalue weighted by Crippen LogP contribution is 2.26. The predicted octanol–water partition coefficient (Wildman–Crippen LogP) is 4.48. The number of benzene rings is 1. The van der Waals surface area contributed by atoms with Gasteiger partial charge in [0.05, 0.1) is 11.4 Å². The molecule has 1 N–H and O–H groups in total. The van der Waals surface area contributed by atoms with Crippen LogP contribution in [-0.2, 0) is 4.79 Å². The summed E-state index contributed by atoms with van der Waals surface area (Å²) in [5.74, 6) is -0.0773. The maximum Gasteiger partial charge on any atom is 0.244 e. The highest BCUT2D eigenvalue weighted by atomic mass is 16.1. The Morgan fingerprint density at radius 2 is 1.83 bits per heavy atom. The van der Waals surface area contributed by atoms with E-state index in [1.807, 2.05) is 16.7 Å². The zero-order valence-corrected chi connectivity index (χ0v) is 18.5. The number of aryl methyl sites for hydroxylation is 2. The molecule has 0 aliphatic carbocycles. The van der Waals surface area contributed by atoms with Gasteiger partial charge in [0.2, 0.25) is 5.91 Å². The van der Waals surface area contributed by atoms with Crippen LogP contribution in [-0.4, -0.2) is 46.4 Å². The molecule has 5 nitrogen and oxygen atoms in total. The Bertz CT molecular complexity index is 1010. The Kier molecular flexibility index (Phi) is 7.41. The van der Waals surface area contributed by atoms with Crippen LogP contribution in [0, 0.1) is 13.8 Å². The largest absolute Gasteiger partial charge is 0.353 e. The first kappa shape index (κ1) is 21.8. The summed E-state index contributed by atoms with van der Waals surface area (Å²) in [5, 5.41) is 2.99. The number of hydrogen-bond acceptors (Lipinski definition) is 3. The molecule has 5 heteroatoms. The average molecular weight is 405 g/mol. The second kappa shape index (κ2) is 10.2. The molecule has 0 spiro atoms. The van der Waals surface area contributed by atoms with Gasteiger partial charge in [-0.2, -0.15) is 0 Å². The van der Waals surface area contributed by atoms with E-state index in [1.165, 1.54) is 5.56 Å². The highest BCUT2D eigenvalue weighted by molar-refractivity contribution is 5.92. The molecule has 3 rings (SSSR count). The molecule has 0 aliphatic heterocycles. The molecular formula is C25H32N4O. The van der Waals surface area contributed by atoms with Gasteiger partial charge in [-0.05, 0) is 63.7 Å². The summed E-state index contributed by atoms with van der Waals surface area (Å²) in [6.45, 7) is 12.2. The third kappa shape index (κ3) is 5.36. The van der Waals surface area contributed by atoms with E-state index in [9.17, 15) is 4.79 Å². The molecule has 1 aromatic carbocycles. The molecule has 0 aliphatic rings. The summed E-state index contributed by atoms with van der Waals surface area (Å²) in [6, 6.07) is 12.4. The Balaban J connectivity index is 1.78. The van der Waals surface area contributed by atoms with E-state index >= 15 is 0 Å². The van der Waals surface area contributed by atoms with Crippen LogP contribution < -0.4 is 5.32 Å². The number of fused-ring (bicyclic) bond motifs is 1. The van der Waals surface area contributed by atoms with Crippen molar-refractivity contribution in [3.8, 4) is 11.3 Å². The van der Waals surface area contributed by atoms with Gasteiger partial charge in [-0.15, -0.1) is 0 Å². The van der Waals surface area contributed by atoms with Crippen LogP contribution in [0.5, 0.6) is 0 Å². The normalized spacial score (nSPS) is 11.6. The molecule has 0 bridgehead atoms. The lowest BCUT2D eigenvalue weighted by Gasteiger charge is -2.17. The number of hydrogen-bond donors (Lipinski definition) is 1. The van der Waals surface area contributed by atoms with Crippen LogP contribution in [0.2, 0.25) is 0 Å². The molecule has 1 amide bonds. The summed E-state index contributed by atoms with van der Waals surface area (Å²) < 4.78 is 2.03. The molecule has 2 heterocycles. The molecule has 30 heavy (non-hydrogen) atoms. The van der Waals surface area contributed by atoms with E-state index in [2.05, 4.69) is 74.3 Å². The number of rotatable bonds is 9. The minimum absolute atomic E-state index is 0.0773. The molecule has 0 saturated carbocycles. The van der Waals surface area contributed by atoms with Gasteiger partial charge in [0.25, 0.3) is 0 Å². The van der Waals surface area contributed by atoms with Gasteiger partial charge < -0.3 is 10.2 Å². The second-order valence-electron chi connectivity index (χ2n) is 7.65. The van der Waals surface area contributed by atoms with Gasteiger partial charge in [-0.3, -0.25) is 9.20 Å². The van der Waals surface area contributed by atoms with Crippen molar-refractivity contribution in [2.45, 2.75) is 34.1 Å². The molecule has 3 aromatic rings. The van der Waals surface area contributed by atoms with Crippen molar-refractivity contribution in [2.75, 3.05) is 26.2 Å². The molecule has 158 valence electrons. The van der Waals surface area contributed by atoms with E-state index in [-0.39, 0.29) is 5.91 Å². The summed E-state index contributed by atoms with van der Waals surface area (Å²) >= 11 is 0. The van der Waals surface area contributed by atoms with E-state index in [4.69, 9.17) is 4.98 Å². The third-order valence-electron chi connectivity index (χ3n) is 5.38. The predicted molar refractivity (Wildman–Crippen MR) is 125 cm³/mol. The summed E-state index contributed by atoms with van der Waals surface area (Å²) in [5.41, 5.74) is 6.08. The molecule has 0 radical (unpaired) electrons. The van der Waals surface area contributed by atoms with Crippen molar-refractivity contribution in [3.63, 3.8) is 0 Å². The average Bonchev–Trinajstić information content (AvgIpc) is 3.10. The van der Waals surface area contributed by atoms with Gasteiger partial charge in [0.15, 0.2) is 0 Å². The Morgan fingerprint density at radius 3 is 2.53 bits per heavy atom. The van der Waals surface area contributed by atoms with Crippen molar-refractivity contribution >= 4 is 17.6 Å². The number of nitrogens with one attached hydrogen (secondary N) is 1. The topological polar surface area (TPSA) is 49.6 Å². The van der Waals surface area contributed by atoms with Gasteiger partial charge in [-0.25, -0.2) is 4.98 Å². The maximum absolute atomic E-state index is 12.4. The number of imidazole rings is 1. The van der Waals surface area contributed by atoms with Crippen molar-refractivity contribution < 1.29 is 4.79 Å². The monoisotopic (exact) mass is 404 g/mol.